The van der Waals surface area contributed by atoms with Gasteiger partial charge in [0.1, 0.15) is 0 Å². The van der Waals surface area contributed by atoms with Crippen molar-refractivity contribution in [2.45, 2.75) is 101 Å². The zero-order valence-corrected chi connectivity index (χ0v) is 35.9. The van der Waals surface area contributed by atoms with Crippen molar-refractivity contribution in [3.8, 4) is 0 Å². The van der Waals surface area contributed by atoms with Crippen LogP contribution in [0.1, 0.15) is 79.4 Å². The van der Waals surface area contributed by atoms with E-state index in [1.807, 2.05) is 30.3 Å². The van der Waals surface area contributed by atoms with Gasteiger partial charge in [0.05, 0.1) is 0 Å². The minimum Gasteiger partial charge on any atom is -1.00 e. The maximum absolute atomic E-state index is 2.62. The minimum atomic E-state index is 0. The molecule has 43 heavy (non-hydrogen) atoms. The maximum Gasteiger partial charge on any atom is 4.00 e. The van der Waals surface area contributed by atoms with Gasteiger partial charge in [-0.25, -0.2) is 18.1 Å². The second-order valence-electron chi connectivity index (χ2n) is 14.7. The molecule has 0 saturated heterocycles. The minimum absolute atomic E-state index is 0. The van der Waals surface area contributed by atoms with Gasteiger partial charge in [-0.05, 0) is 56.3 Å². The van der Waals surface area contributed by atoms with Crippen LogP contribution in [0.5, 0.6) is 0 Å². The topological polar surface area (TPSA) is 0 Å². The third kappa shape index (κ3) is 6.56. The molecule has 0 spiro atoms. The zero-order valence-electron chi connectivity index (χ0n) is 28.8. The quantitative estimate of drug-likeness (QED) is 0.261. The molecule has 6 rings (SSSR count). The zero-order chi connectivity index (χ0) is 29.7. The summed E-state index contributed by atoms with van der Waals surface area (Å²) < 4.78 is 0. The number of hydrogen-bond donors (Lipinski definition) is 0. The first-order chi connectivity index (χ1) is 18.6. The number of rotatable bonds is 0. The second-order valence-corrected chi connectivity index (χ2v) is 24.7. The molecule has 4 aliphatic carbocycles. The van der Waals surface area contributed by atoms with Gasteiger partial charge in [0.2, 0.25) is 0 Å². The molecule has 0 heterocycles. The van der Waals surface area contributed by atoms with Crippen molar-refractivity contribution in [3.05, 3.63) is 101 Å². The van der Waals surface area contributed by atoms with Crippen LogP contribution < -0.4 is 24.8 Å². The van der Waals surface area contributed by atoms with Gasteiger partial charge in [0.15, 0.2) is 0 Å². The van der Waals surface area contributed by atoms with Crippen molar-refractivity contribution in [3.63, 3.8) is 0 Å². The van der Waals surface area contributed by atoms with Crippen LogP contribution in [0.25, 0.3) is 5.57 Å². The fraction of sp³-hybridized carbons (Fsp3) is 0.526. The maximum atomic E-state index is 2.62. The molecule has 2 atom stereocenters. The third-order valence-corrected chi connectivity index (χ3v) is 20.3. The summed E-state index contributed by atoms with van der Waals surface area (Å²) in [5.41, 5.74) is 10.3. The molecule has 0 amide bonds. The first-order valence-corrected chi connectivity index (χ1v) is 21.5. The average molecular weight is 816 g/mol. The Balaban J connectivity index is 0.000000564. The predicted molar refractivity (Wildman–Crippen MR) is 181 cm³/mol. The van der Waals surface area contributed by atoms with Gasteiger partial charge >= 0.3 is 25.8 Å². The third-order valence-electron chi connectivity index (χ3n) is 12.3. The largest absolute Gasteiger partial charge is 4.00 e. The van der Waals surface area contributed by atoms with Crippen LogP contribution in [0.2, 0.25) is 26.2 Å². The van der Waals surface area contributed by atoms with Crippen molar-refractivity contribution in [2.24, 2.45) is 27.6 Å². The smallest absolute Gasteiger partial charge is 1.00 e. The number of hydrogen-bond acceptors (Lipinski definition) is 0. The van der Waals surface area contributed by atoms with Crippen molar-refractivity contribution in [2.75, 3.05) is 0 Å². The van der Waals surface area contributed by atoms with Gasteiger partial charge in [-0.3, -0.25) is 0 Å². The fourth-order valence-corrected chi connectivity index (χ4v) is 7.89. The van der Waals surface area contributed by atoms with Crippen LogP contribution in [-0.4, -0.2) is 15.8 Å². The molecule has 0 bridgehead atoms. The molecule has 0 nitrogen and oxygen atoms in total. The Morgan fingerprint density at radius 1 is 0.814 bits per heavy atom. The van der Waals surface area contributed by atoms with Crippen molar-refractivity contribution in [1.29, 1.82) is 0 Å². The Bertz CT molecular complexity index is 1340. The summed E-state index contributed by atoms with van der Waals surface area (Å²) in [4.78, 5) is 0. The summed E-state index contributed by atoms with van der Waals surface area (Å²) in [6.45, 7) is 29.8. The summed E-state index contributed by atoms with van der Waals surface area (Å²) in [6, 6.07) is 19.2. The van der Waals surface area contributed by atoms with E-state index in [9.17, 15) is 0 Å². The number of benzene rings is 1. The van der Waals surface area contributed by atoms with E-state index in [1.165, 1.54) is 24.0 Å². The van der Waals surface area contributed by atoms with E-state index in [1.54, 1.807) is 28.2 Å². The van der Waals surface area contributed by atoms with Crippen LogP contribution in [0.3, 0.4) is 0 Å². The molecule has 1 fully saturated rings. The van der Waals surface area contributed by atoms with Crippen LogP contribution in [-0.2, 0) is 32.3 Å². The fourth-order valence-electron chi connectivity index (χ4n) is 7.89. The van der Waals surface area contributed by atoms with Gasteiger partial charge in [-0.15, -0.1) is 6.92 Å². The Labute approximate surface area is 298 Å². The molecule has 0 aliphatic heterocycles. The SMILES string of the molecule is C[C-]1C2=C3Cc4ccccc4C3=C3C=CCCC3C2(C)C(C)(C)C(C)(C)C1(C)C.C[Si](C)=[Si](C)C.[Cl-].[Cl-].[Hf+4].c1cc[cH-]c1. The summed E-state index contributed by atoms with van der Waals surface area (Å²) in [7, 11) is 0.300. The molecule has 2 aromatic carbocycles. The molecular formula is C38H54Cl2HfSi2. The van der Waals surface area contributed by atoms with E-state index in [0.717, 1.165) is 6.42 Å². The normalized spacial score (nSPS) is 24.5. The summed E-state index contributed by atoms with van der Waals surface area (Å²) >= 11 is 0. The molecule has 0 N–H and O–H groups in total. The molecule has 0 aromatic heterocycles. The molecule has 4 aliphatic rings. The van der Waals surface area contributed by atoms with Crippen molar-refractivity contribution < 1.29 is 50.7 Å². The number of halogens is 2. The molecule has 0 radical (unpaired) electrons. The summed E-state index contributed by atoms with van der Waals surface area (Å²) in [5, 5.41) is 0. The van der Waals surface area contributed by atoms with Crippen LogP contribution >= 0.6 is 0 Å². The molecule has 2 aromatic rings. The Hall–Kier alpha value is -0.456. The summed E-state index contributed by atoms with van der Waals surface area (Å²) in [6.07, 6.45) is 8.50. The van der Waals surface area contributed by atoms with Crippen LogP contribution in [0.4, 0.5) is 0 Å². The van der Waals surface area contributed by atoms with Crippen molar-refractivity contribution in [1.82, 2.24) is 0 Å². The Morgan fingerprint density at radius 3 is 1.88 bits per heavy atom. The molecule has 5 heteroatoms. The molecule has 232 valence electrons. The van der Waals surface area contributed by atoms with E-state index in [-0.39, 0.29) is 88.1 Å². The van der Waals surface area contributed by atoms with E-state index >= 15 is 0 Å². The van der Waals surface area contributed by atoms with Crippen LogP contribution in [0.15, 0.2) is 83.5 Å². The van der Waals surface area contributed by atoms with Gasteiger partial charge in [0.25, 0.3) is 0 Å². The number of allylic oxidation sites excluding steroid dienone is 6. The van der Waals surface area contributed by atoms with E-state index < -0.39 is 0 Å². The van der Waals surface area contributed by atoms with E-state index in [4.69, 9.17) is 0 Å². The predicted octanol–water partition coefficient (Wildman–Crippen LogP) is 4.95. The first kappa shape index (κ1) is 40.6. The second kappa shape index (κ2) is 15.0. The Morgan fingerprint density at radius 2 is 1.37 bits per heavy atom. The van der Waals surface area contributed by atoms with E-state index in [2.05, 4.69) is 118 Å². The molecule has 2 unspecified atom stereocenters. The monoisotopic (exact) mass is 816 g/mol. The van der Waals surface area contributed by atoms with Gasteiger partial charge in [-0.1, -0.05) is 140 Å². The summed E-state index contributed by atoms with van der Waals surface area (Å²) in [5.74, 6) is 2.24. The first-order valence-electron chi connectivity index (χ1n) is 15.5. The standard InChI is InChI=1S/C29H37.C5H5.C4H12Si2.2ClH.Hf/c1-18-25-22-17-19-13-9-10-14-20(19)24(22)21-15-11-12-16-23(21)29(25,8)28(6,7)27(4,5)26(18,2)3;1-2-4-5-3-1;1-5(2)6(3)4;;;/h9-11,13-15,23H,12,16-17H2,1-8H3;1-5H;1-4H3;2*1H;/q2*-1;;;;+4/p-2. The van der Waals surface area contributed by atoms with Gasteiger partial charge in [0, 0.05) is 0 Å². The Kier molecular flexibility index (Phi) is 14.1. The van der Waals surface area contributed by atoms with Gasteiger partial charge in [-0.2, -0.15) is 29.3 Å². The van der Waals surface area contributed by atoms with E-state index in [0.29, 0.717) is 5.92 Å². The van der Waals surface area contributed by atoms with Crippen molar-refractivity contribution >= 4 is 21.4 Å². The number of fused-ring (bicyclic) bond motifs is 6. The molecule has 1 saturated carbocycles. The van der Waals surface area contributed by atoms with Crippen LogP contribution in [0, 0.1) is 33.5 Å². The van der Waals surface area contributed by atoms with Gasteiger partial charge < -0.3 is 24.8 Å². The molecular weight excluding hydrogens is 762 g/mol. The average Bonchev–Trinajstić information content (AvgIpc) is 3.60.